The average Bonchev–Trinajstić information content (AvgIpc) is 3.13. The number of methoxy groups -OCH3 is 1. The molecule has 0 spiro atoms. The maximum atomic E-state index is 11.7. The SMILES string of the molecule is COC(=O)C1(CN(C)Cc2cc(Br)ccc2C)CC1. The molecule has 19 heavy (non-hydrogen) atoms. The Hall–Kier alpha value is -0.870. The number of ether oxygens (including phenoxy) is 1. The van der Waals surface area contributed by atoms with Crippen LogP contribution in [0.4, 0.5) is 0 Å². The molecular formula is C15H20BrNO2. The molecule has 1 aliphatic rings. The summed E-state index contributed by atoms with van der Waals surface area (Å²) in [5, 5.41) is 0. The van der Waals surface area contributed by atoms with E-state index in [0.29, 0.717) is 0 Å². The van der Waals surface area contributed by atoms with Crippen LogP contribution in [0.15, 0.2) is 22.7 Å². The van der Waals surface area contributed by atoms with Crippen LogP contribution in [0.25, 0.3) is 0 Å². The molecule has 1 aromatic rings. The van der Waals surface area contributed by atoms with Crippen LogP contribution in [0.5, 0.6) is 0 Å². The lowest BCUT2D eigenvalue weighted by atomic mass is 10.1. The number of nitrogens with zero attached hydrogens (tertiary/aromatic N) is 1. The molecule has 3 nitrogen and oxygen atoms in total. The van der Waals surface area contributed by atoms with Gasteiger partial charge in [0.25, 0.3) is 0 Å². The molecule has 1 aromatic carbocycles. The highest BCUT2D eigenvalue weighted by Crippen LogP contribution is 2.47. The minimum atomic E-state index is -0.247. The van der Waals surface area contributed by atoms with Gasteiger partial charge in [0.1, 0.15) is 0 Å². The van der Waals surface area contributed by atoms with Crippen LogP contribution >= 0.6 is 15.9 Å². The van der Waals surface area contributed by atoms with E-state index in [1.54, 1.807) is 0 Å². The second-order valence-corrected chi connectivity index (χ2v) is 6.43. The van der Waals surface area contributed by atoms with Crippen LogP contribution in [-0.2, 0) is 16.1 Å². The molecule has 1 fully saturated rings. The molecular weight excluding hydrogens is 306 g/mol. The molecule has 0 saturated heterocycles. The summed E-state index contributed by atoms with van der Waals surface area (Å²) in [5.74, 6) is -0.0645. The second kappa shape index (κ2) is 5.63. The van der Waals surface area contributed by atoms with Gasteiger partial charge in [0, 0.05) is 17.6 Å². The molecule has 2 rings (SSSR count). The summed E-state index contributed by atoms with van der Waals surface area (Å²) in [7, 11) is 3.53. The van der Waals surface area contributed by atoms with Crippen LogP contribution in [-0.4, -0.2) is 31.6 Å². The van der Waals surface area contributed by atoms with Crippen molar-refractivity contribution < 1.29 is 9.53 Å². The summed E-state index contributed by atoms with van der Waals surface area (Å²) in [4.78, 5) is 14.0. The van der Waals surface area contributed by atoms with Gasteiger partial charge in [-0.1, -0.05) is 22.0 Å². The van der Waals surface area contributed by atoms with Crippen molar-refractivity contribution in [1.29, 1.82) is 0 Å². The summed E-state index contributed by atoms with van der Waals surface area (Å²) in [6.45, 7) is 3.73. The summed E-state index contributed by atoms with van der Waals surface area (Å²) in [6, 6.07) is 6.31. The predicted molar refractivity (Wildman–Crippen MR) is 78.9 cm³/mol. The van der Waals surface area contributed by atoms with Gasteiger partial charge in [0.2, 0.25) is 0 Å². The van der Waals surface area contributed by atoms with Crippen LogP contribution in [0.1, 0.15) is 24.0 Å². The number of halogens is 1. The number of hydrogen-bond acceptors (Lipinski definition) is 3. The molecule has 0 bridgehead atoms. The third kappa shape index (κ3) is 3.37. The smallest absolute Gasteiger partial charge is 0.313 e. The van der Waals surface area contributed by atoms with Crippen molar-refractivity contribution in [2.75, 3.05) is 20.7 Å². The Morgan fingerprint density at radius 1 is 1.47 bits per heavy atom. The molecule has 0 heterocycles. The molecule has 0 amide bonds. The molecule has 1 aliphatic carbocycles. The Morgan fingerprint density at radius 3 is 2.74 bits per heavy atom. The first-order chi connectivity index (χ1) is 8.97. The van der Waals surface area contributed by atoms with Crippen LogP contribution in [0.3, 0.4) is 0 Å². The Bertz CT molecular complexity index is 483. The minimum absolute atomic E-state index is 0.0645. The number of carbonyl (C=O) groups is 1. The lowest BCUT2D eigenvalue weighted by molar-refractivity contribution is -0.147. The topological polar surface area (TPSA) is 29.5 Å². The first-order valence-corrected chi connectivity index (χ1v) is 7.28. The molecule has 1 saturated carbocycles. The molecule has 0 atom stereocenters. The van der Waals surface area contributed by atoms with Crippen molar-refractivity contribution in [2.45, 2.75) is 26.3 Å². The zero-order valence-corrected chi connectivity index (χ0v) is 13.3. The Balaban J connectivity index is 2.00. The normalized spacial score (nSPS) is 16.5. The van der Waals surface area contributed by atoms with E-state index in [1.807, 2.05) is 0 Å². The lowest BCUT2D eigenvalue weighted by Gasteiger charge is -2.23. The van der Waals surface area contributed by atoms with E-state index in [-0.39, 0.29) is 11.4 Å². The van der Waals surface area contributed by atoms with E-state index in [0.717, 1.165) is 30.4 Å². The third-order valence-corrected chi connectivity index (χ3v) is 4.29. The van der Waals surface area contributed by atoms with E-state index >= 15 is 0 Å². The molecule has 0 radical (unpaired) electrons. The van der Waals surface area contributed by atoms with E-state index in [1.165, 1.54) is 18.2 Å². The minimum Gasteiger partial charge on any atom is -0.469 e. The molecule has 0 unspecified atom stereocenters. The van der Waals surface area contributed by atoms with E-state index in [9.17, 15) is 4.79 Å². The standard InChI is InChI=1S/C15H20BrNO2/c1-11-4-5-13(16)8-12(11)9-17(2)10-15(6-7-15)14(18)19-3/h4-5,8H,6-7,9-10H2,1-3H3. The monoisotopic (exact) mass is 325 g/mol. The number of carbonyl (C=O) groups excluding carboxylic acids is 1. The van der Waals surface area contributed by atoms with Crippen molar-refractivity contribution in [3.63, 3.8) is 0 Å². The first kappa shape index (κ1) is 14.5. The maximum absolute atomic E-state index is 11.7. The average molecular weight is 326 g/mol. The van der Waals surface area contributed by atoms with Gasteiger partial charge in [-0.25, -0.2) is 0 Å². The second-order valence-electron chi connectivity index (χ2n) is 5.52. The van der Waals surface area contributed by atoms with Crippen LogP contribution < -0.4 is 0 Å². The highest BCUT2D eigenvalue weighted by atomic mass is 79.9. The fourth-order valence-electron chi connectivity index (χ4n) is 2.47. The lowest BCUT2D eigenvalue weighted by Crippen LogP contribution is -2.32. The van der Waals surface area contributed by atoms with Crippen molar-refractivity contribution in [3.8, 4) is 0 Å². The van der Waals surface area contributed by atoms with Crippen molar-refractivity contribution in [3.05, 3.63) is 33.8 Å². The van der Waals surface area contributed by atoms with Crippen LogP contribution in [0, 0.1) is 12.3 Å². The summed E-state index contributed by atoms with van der Waals surface area (Å²) < 4.78 is 5.99. The molecule has 104 valence electrons. The van der Waals surface area contributed by atoms with Gasteiger partial charge in [-0.15, -0.1) is 0 Å². The van der Waals surface area contributed by atoms with Crippen molar-refractivity contribution in [2.24, 2.45) is 5.41 Å². The van der Waals surface area contributed by atoms with Gasteiger partial charge < -0.3 is 9.64 Å². The summed E-state index contributed by atoms with van der Waals surface area (Å²) in [5.41, 5.74) is 2.32. The highest BCUT2D eigenvalue weighted by molar-refractivity contribution is 9.10. The van der Waals surface area contributed by atoms with Gasteiger partial charge in [0.15, 0.2) is 0 Å². The Kier molecular flexibility index (Phi) is 4.31. The van der Waals surface area contributed by atoms with Gasteiger partial charge in [-0.05, 0) is 50.1 Å². The van der Waals surface area contributed by atoms with Gasteiger partial charge in [0.05, 0.1) is 12.5 Å². The summed E-state index contributed by atoms with van der Waals surface area (Å²) in [6.07, 6.45) is 1.89. The van der Waals surface area contributed by atoms with Gasteiger partial charge in [-0.3, -0.25) is 4.79 Å². The van der Waals surface area contributed by atoms with Crippen molar-refractivity contribution >= 4 is 21.9 Å². The van der Waals surface area contributed by atoms with E-state index in [2.05, 4.69) is 53.0 Å². The first-order valence-electron chi connectivity index (χ1n) is 6.49. The van der Waals surface area contributed by atoms with Gasteiger partial charge >= 0.3 is 5.97 Å². The van der Waals surface area contributed by atoms with E-state index in [4.69, 9.17) is 4.74 Å². The van der Waals surface area contributed by atoms with E-state index < -0.39 is 0 Å². The fourth-order valence-corrected chi connectivity index (χ4v) is 2.88. The Labute approximate surface area is 123 Å². The molecule has 4 heteroatoms. The number of esters is 1. The zero-order valence-electron chi connectivity index (χ0n) is 11.7. The predicted octanol–water partition coefficient (Wildman–Crippen LogP) is 3.14. The van der Waals surface area contributed by atoms with Crippen molar-refractivity contribution in [1.82, 2.24) is 4.90 Å². The highest BCUT2D eigenvalue weighted by Gasteiger charge is 2.51. The third-order valence-electron chi connectivity index (χ3n) is 3.80. The molecule has 0 aromatic heterocycles. The zero-order chi connectivity index (χ0) is 14.0. The molecule has 0 aliphatic heterocycles. The molecule has 0 N–H and O–H groups in total. The largest absolute Gasteiger partial charge is 0.469 e. The number of benzene rings is 1. The Morgan fingerprint density at radius 2 is 2.16 bits per heavy atom. The van der Waals surface area contributed by atoms with Gasteiger partial charge in [-0.2, -0.15) is 0 Å². The maximum Gasteiger partial charge on any atom is 0.313 e. The fraction of sp³-hybridized carbons (Fsp3) is 0.533. The quantitative estimate of drug-likeness (QED) is 0.779. The summed E-state index contributed by atoms with van der Waals surface area (Å²) >= 11 is 3.50. The number of aryl methyl sites for hydroxylation is 1. The number of hydrogen-bond donors (Lipinski definition) is 0. The van der Waals surface area contributed by atoms with Crippen LogP contribution in [0.2, 0.25) is 0 Å². The number of rotatable bonds is 5.